The van der Waals surface area contributed by atoms with Crippen molar-refractivity contribution >= 4 is 27.4 Å². The third-order valence-corrected chi connectivity index (χ3v) is 4.42. The monoisotopic (exact) mass is 302 g/mol. The lowest BCUT2D eigenvalue weighted by atomic mass is 10.2. The van der Waals surface area contributed by atoms with E-state index in [1.54, 1.807) is 35.0 Å². The Kier molecular flexibility index (Phi) is 3.24. The number of rotatable bonds is 3. The van der Waals surface area contributed by atoms with Gasteiger partial charge < -0.3 is 9.64 Å². The van der Waals surface area contributed by atoms with Gasteiger partial charge in [-0.1, -0.05) is 0 Å². The van der Waals surface area contributed by atoms with E-state index in [0.717, 1.165) is 29.1 Å². The Morgan fingerprint density at radius 2 is 2.33 bits per heavy atom. The number of fused-ring (bicyclic) bond motifs is 1. The molecule has 0 aliphatic carbocycles. The minimum absolute atomic E-state index is 0.0884. The van der Waals surface area contributed by atoms with Gasteiger partial charge in [0.1, 0.15) is 24.8 Å². The zero-order valence-corrected chi connectivity index (χ0v) is 12.1. The molecule has 1 fully saturated rings. The first-order chi connectivity index (χ1) is 10.4. The molecule has 0 saturated carbocycles. The SMILES string of the molecule is c1nc(N2CCO[C@H](Cn3cncn3)C2)c2sccc2n1. The van der Waals surface area contributed by atoms with Crippen LogP contribution < -0.4 is 4.90 Å². The first kappa shape index (κ1) is 12.7. The Balaban J connectivity index is 1.56. The van der Waals surface area contributed by atoms with E-state index in [0.29, 0.717) is 13.2 Å². The second-order valence-electron chi connectivity index (χ2n) is 4.89. The minimum Gasteiger partial charge on any atom is -0.373 e. The van der Waals surface area contributed by atoms with Crippen molar-refractivity contribution in [1.82, 2.24) is 24.7 Å². The fourth-order valence-electron chi connectivity index (χ4n) is 2.56. The van der Waals surface area contributed by atoms with Gasteiger partial charge in [0.25, 0.3) is 0 Å². The van der Waals surface area contributed by atoms with Crippen LogP contribution >= 0.6 is 11.3 Å². The number of thiophene rings is 1. The summed E-state index contributed by atoms with van der Waals surface area (Å²) < 4.78 is 8.76. The Labute approximate surface area is 125 Å². The van der Waals surface area contributed by atoms with Crippen molar-refractivity contribution in [2.45, 2.75) is 12.6 Å². The van der Waals surface area contributed by atoms with Crippen molar-refractivity contribution < 1.29 is 4.74 Å². The van der Waals surface area contributed by atoms with E-state index >= 15 is 0 Å². The van der Waals surface area contributed by atoms with Crippen molar-refractivity contribution in [2.24, 2.45) is 0 Å². The van der Waals surface area contributed by atoms with Gasteiger partial charge in [-0.25, -0.2) is 15.0 Å². The topological polar surface area (TPSA) is 69.0 Å². The van der Waals surface area contributed by atoms with Crippen LogP contribution in [0.4, 0.5) is 5.82 Å². The largest absolute Gasteiger partial charge is 0.373 e. The van der Waals surface area contributed by atoms with E-state index in [-0.39, 0.29) is 6.10 Å². The summed E-state index contributed by atoms with van der Waals surface area (Å²) in [5, 5.41) is 6.19. The molecule has 0 amide bonds. The van der Waals surface area contributed by atoms with Crippen LogP contribution in [0.5, 0.6) is 0 Å². The van der Waals surface area contributed by atoms with Crippen LogP contribution in [0.3, 0.4) is 0 Å². The number of ether oxygens (including phenoxy) is 1. The van der Waals surface area contributed by atoms with E-state index in [4.69, 9.17) is 4.74 Å². The quantitative estimate of drug-likeness (QED) is 0.724. The number of nitrogens with zero attached hydrogens (tertiary/aromatic N) is 6. The molecule has 4 heterocycles. The molecule has 0 N–H and O–H groups in total. The lowest BCUT2D eigenvalue weighted by Gasteiger charge is -2.33. The molecule has 0 radical (unpaired) electrons. The van der Waals surface area contributed by atoms with E-state index in [1.165, 1.54) is 0 Å². The number of hydrogen-bond acceptors (Lipinski definition) is 7. The van der Waals surface area contributed by atoms with Crippen molar-refractivity contribution in [3.05, 3.63) is 30.4 Å². The van der Waals surface area contributed by atoms with Gasteiger partial charge in [-0.3, -0.25) is 4.68 Å². The first-order valence-corrected chi connectivity index (χ1v) is 7.65. The molecule has 4 rings (SSSR count). The molecule has 0 unspecified atom stereocenters. The highest BCUT2D eigenvalue weighted by atomic mass is 32.1. The zero-order valence-electron chi connectivity index (χ0n) is 11.3. The van der Waals surface area contributed by atoms with Crippen LogP contribution in [0.25, 0.3) is 10.2 Å². The van der Waals surface area contributed by atoms with Crippen molar-refractivity contribution in [2.75, 3.05) is 24.6 Å². The molecule has 21 heavy (non-hydrogen) atoms. The third kappa shape index (κ3) is 2.47. The van der Waals surface area contributed by atoms with Crippen molar-refractivity contribution in [1.29, 1.82) is 0 Å². The van der Waals surface area contributed by atoms with Crippen molar-refractivity contribution in [3.63, 3.8) is 0 Å². The molecule has 1 atom stereocenters. The normalized spacial score (nSPS) is 19.2. The van der Waals surface area contributed by atoms with E-state index in [9.17, 15) is 0 Å². The first-order valence-electron chi connectivity index (χ1n) is 6.77. The predicted octanol–water partition coefficient (Wildman–Crippen LogP) is 1.19. The molecule has 0 bridgehead atoms. The number of anilines is 1. The fourth-order valence-corrected chi connectivity index (χ4v) is 3.42. The van der Waals surface area contributed by atoms with Crippen LogP contribution in [-0.2, 0) is 11.3 Å². The van der Waals surface area contributed by atoms with Crippen LogP contribution in [0.15, 0.2) is 30.4 Å². The summed E-state index contributed by atoms with van der Waals surface area (Å²) in [5.41, 5.74) is 1.00. The summed E-state index contributed by atoms with van der Waals surface area (Å²) in [7, 11) is 0. The molecule has 0 aromatic carbocycles. The maximum Gasteiger partial charge on any atom is 0.150 e. The van der Waals surface area contributed by atoms with E-state index in [1.807, 2.05) is 6.07 Å². The lowest BCUT2D eigenvalue weighted by Crippen LogP contribution is -2.44. The molecule has 1 aliphatic rings. The molecule has 0 spiro atoms. The number of aromatic nitrogens is 5. The van der Waals surface area contributed by atoms with E-state index < -0.39 is 0 Å². The molecular weight excluding hydrogens is 288 g/mol. The molecule has 1 aliphatic heterocycles. The lowest BCUT2D eigenvalue weighted by molar-refractivity contribution is 0.0272. The number of morpholine rings is 1. The van der Waals surface area contributed by atoms with Gasteiger partial charge in [0.05, 0.1) is 29.5 Å². The molecule has 3 aromatic heterocycles. The fraction of sp³-hybridized carbons (Fsp3) is 0.385. The predicted molar refractivity (Wildman–Crippen MR) is 79.4 cm³/mol. The standard InChI is InChI=1S/C13H14N6OS/c1-4-21-12-11(1)15-8-16-13(12)18-2-3-20-10(5-18)6-19-9-14-7-17-19/h1,4,7-10H,2-3,5-6H2/t10-/m0/s1. The van der Waals surface area contributed by atoms with Crippen LogP contribution in [-0.4, -0.2) is 50.5 Å². The molecular formula is C13H14N6OS. The van der Waals surface area contributed by atoms with Gasteiger partial charge in [-0.05, 0) is 11.4 Å². The van der Waals surface area contributed by atoms with Gasteiger partial charge in [0, 0.05) is 13.1 Å². The second kappa shape index (κ2) is 5.38. The van der Waals surface area contributed by atoms with E-state index in [2.05, 4.69) is 30.3 Å². The highest BCUT2D eigenvalue weighted by Gasteiger charge is 2.23. The smallest absolute Gasteiger partial charge is 0.150 e. The summed E-state index contributed by atoms with van der Waals surface area (Å²) in [6.45, 7) is 3.03. The Morgan fingerprint density at radius 3 is 3.24 bits per heavy atom. The van der Waals surface area contributed by atoms with Gasteiger partial charge in [0.2, 0.25) is 0 Å². The molecule has 8 heteroatoms. The summed E-state index contributed by atoms with van der Waals surface area (Å²) in [5.74, 6) is 1.00. The molecule has 108 valence electrons. The molecule has 7 nitrogen and oxygen atoms in total. The van der Waals surface area contributed by atoms with Gasteiger partial charge in [-0.15, -0.1) is 11.3 Å². The number of hydrogen-bond donors (Lipinski definition) is 0. The summed E-state index contributed by atoms with van der Waals surface area (Å²) in [6.07, 6.45) is 4.97. The Bertz CT molecular complexity index is 727. The summed E-state index contributed by atoms with van der Waals surface area (Å²) in [4.78, 5) is 15.0. The van der Waals surface area contributed by atoms with Crippen molar-refractivity contribution in [3.8, 4) is 0 Å². The van der Waals surface area contributed by atoms with Gasteiger partial charge >= 0.3 is 0 Å². The maximum atomic E-state index is 5.83. The van der Waals surface area contributed by atoms with Crippen LogP contribution in [0, 0.1) is 0 Å². The summed E-state index contributed by atoms with van der Waals surface area (Å²) >= 11 is 1.68. The minimum atomic E-state index is 0.0884. The third-order valence-electron chi connectivity index (χ3n) is 3.52. The van der Waals surface area contributed by atoms with Crippen LogP contribution in [0.1, 0.15) is 0 Å². The highest BCUT2D eigenvalue weighted by Crippen LogP contribution is 2.28. The van der Waals surface area contributed by atoms with Gasteiger partial charge in [0.15, 0.2) is 0 Å². The Morgan fingerprint density at radius 1 is 1.33 bits per heavy atom. The zero-order chi connectivity index (χ0) is 14.1. The van der Waals surface area contributed by atoms with Gasteiger partial charge in [-0.2, -0.15) is 5.10 Å². The summed E-state index contributed by atoms with van der Waals surface area (Å²) in [6, 6.07) is 2.03. The Hall–Kier alpha value is -2.06. The second-order valence-corrected chi connectivity index (χ2v) is 5.80. The maximum absolute atomic E-state index is 5.83. The average molecular weight is 302 g/mol. The molecule has 1 saturated heterocycles. The molecule has 3 aromatic rings. The highest BCUT2D eigenvalue weighted by molar-refractivity contribution is 7.17. The van der Waals surface area contributed by atoms with Crippen LogP contribution in [0.2, 0.25) is 0 Å². The average Bonchev–Trinajstić information content (AvgIpc) is 3.18.